The first-order valence-corrected chi connectivity index (χ1v) is 6.27. The van der Waals surface area contributed by atoms with E-state index in [9.17, 15) is 23.1 Å². The van der Waals surface area contributed by atoms with E-state index in [2.05, 4.69) is 13.5 Å². The minimum absolute atomic E-state index is 0. The topological polar surface area (TPSA) is 37.3 Å². The van der Waals surface area contributed by atoms with E-state index in [0.29, 0.717) is 30.8 Å². The van der Waals surface area contributed by atoms with Gasteiger partial charge in [-0.1, -0.05) is 12.8 Å². The van der Waals surface area contributed by atoms with Gasteiger partial charge < -0.3 is 16.8 Å². The number of halogens is 3. The molecule has 2 bridgehead atoms. The third-order valence-electron chi connectivity index (χ3n) is 4.13. The molecule has 20 heavy (non-hydrogen) atoms. The number of hydrogen-bond donors (Lipinski definition) is 1. The molecule has 0 saturated heterocycles. The van der Waals surface area contributed by atoms with Crippen LogP contribution in [0, 0.1) is 55.8 Å². The second kappa shape index (κ2) is 7.47. The molecule has 0 radical (unpaired) electrons. The number of aliphatic hydroxyl groups is 1. The van der Waals surface area contributed by atoms with Gasteiger partial charge in [0.1, 0.15) is 0 Å². The Morgan fingerprint density at radius 2 is 2.00 bits per heavy atom. The van der Waals surface area contributed by atoms with Crippen LogP contribution in [0.2, 0.25) is 0 Å². The maximum Gasteiger partial charge on any atom is 2.00 e. The van der Waals surface area contributed by atoms with Gasteiger partial charge in [-0.25, -0.2) is 6.58 Å². The van der Waals surface area contributed by atoms with Crippen molar-refractivity contribution in [2.75, 3.05) is 0 Å². The summed E-state index contributed by atoms with van der Waals surface area (Å²) in [5, 5.41) is 9.59. The molecular formula is C14H19F3O2U. The first-order chi connectivity index (χ1) is 8.65. The van der Waals surface area contributed by atoms with E-state index < -0.39 is 17.7 Å². The molecule has 2 saturated carbocycles. The quantitative estimate of drug-likeness (QED) is 0.454. The number of hydrogen-bond acceptors (Lipinski definition) is 2. The fraction of sp³-hybridized carbons (Fsp3) is 0.714. The Morgan fingerprint density at radius 1 is 1.50 bits per heavy atom. The van der Waals surface area contributed by atoms with Crippen molar-refractivity contribution in [3.8, 4) is 0 Å². The van der Waals surface area contributed by atoms with Crippen molar-refractivity contribution < 1.29 is 54.2 Å². The molecule has 0 aromatic heterocycles. The van der Waals surface area contributed by atoms with Crippen molar-refractivity contribution in [1.29, 1.82) is 0 Å². The van der Waals surface area contributed by atoms with Gasteiger partial charge in [0.05, 0.1) is 0 Å². The van der Waals surface area contributed by atoms with Crippen molar-refractivity contribution >= 4 is 6.29 Å². The summed E-state index contributed by atoms with van der Waals surface area (Å²) in [7, 11) is 0. The Labute approximate surface area is 141 Å². The zero-order valence-corrected chi connectivity index (χ0v) is 15.6. The van der Waals surface area contributed by atoms with Crippen molar-refractivity contribution in [1.82, 2.24) is 0 Å². The van der Waals surface area contributed by atoms with E-state index >= 15 is 0 Å². The Bertz CT molecular complexity index is 357. The molecule has 0 aliphatic heterocycles. The van der Waals surface area contributed by atoms with Gasteiger partial charge in [0, 0.05) is 0 Å². The Balaban J connectivity index is 0.000000526. The van der Waals surface area contributed by atoms with E-state index in [1.807, 2.05) is 0 Å². The Hall–Kier alpha value is 0.212. The zero-order valence-electron chi connectivity index (χ0n) is 11.5. The molecule has 4 atom stereocenters. The van der Waals surface area contributed by atoms with Crippen LogP contribution in [0.4, 0.5) is 13.2 Å². The first kappa shape index (κ1) is 20.2. The molecular weight excluding hydrogens is 495 g/mol. The van der Waals surface area contributed by atoms with Crippen LogP contribution in [0.25, 0.3) is 0 Å². The smallest absolute Gasteiger partial charge is 0.419 e. The fourth-order valence-corrected chi connectivity index (χ4v) is 3.12. The fourth-order valence-electron chi connectivity index (χ4n) is 3.12. The second-order valence-electron chi connectivity index (χ2n) is 5.49. The van der Waals surface area contributed by atoms with Crippen LogP contribution in [0.1, 0.15) is 32.6 Å². The normalized spacial score (nSPS) is 34.8. The molecule has 0 aromatic rings. The summed E-state index contributed by atoms with van der Waals surface area (Å²) in [6.45, 7) is 8.59. The van der Waals surface area contributed by atoms with Crippen molar-refractivity contribution in [3.63, 3.8) is 0 Å². The van der Waals surface area contributed by atoms with Gasteiger partial charge in [0.15, 0.2) is 5.60 Å². The molecule has 2 rings (SSSR count). The van der Waals surface area contributed by atoms with Crippen LogP contribution < -0.4 is 0 Å². The van der Waals surface area contributed by atoms with E-state index in [4.69, 9.17) is 0 Å². The molecule has 0 amide bonds. The van der Waals surface area contributed by atoms with Crippen LogP contribution >= 0.6 is 0 Å². The number of allylic oxidation sites excluding steroid dienone is 1. The van der Waals surface area contributed by atoms with E-state index in [1.165, 1.54) is 0 Å². The van der Waals surface area contributed by atoms with E-state index in [0.717, 1.165) is 0 Å². The van der Waals surface area contributed by atoms with Crippen molar-refractivity contribution in [2.45, 2.75) is 44.4 Å². The summed E-state index contributed by atoms with van der Waals surface area (Å²) >= 11 is 0. The van der Waals surface area contributed by atoms with Gasteiger partial charge in [0.25, 0.3) is 0 Å². The summed E-state index contributed by atoms with van der Waals surface area (Å²) in [4.78, 5) is 9.28. The van der Waals surface area contributed by atoms with E-state index in [1.54, 1.807) is 13.2 Å². The maximum absolute atomic E-state index is 12.6. The molecule has 0 heterocycles. The average Bonchev–Trinajstić information content (AvgIpc) is 2.85. The maximum atomic E-state index is 12.6. The molecule has 0 aromatic carbocycles. The Morgan fingerprint density at radius 3 is 2.25 bits per heavy atom. The van der Waals surface area contributed by atoms with Crippen LogP contribution in [-0.2, 0) is 4.79 Å². The number of alkyl halides is 3. The molecule has 2 aliphatic rings. The molecule has 1 N–H and O–H groups in total. The van der Waals surface area contributed by atoms with Crippen LogP contribution in [0.5, 0.6) is 0 Å². The monoisotopic (exact) mass is 514 g/mol. The van der Waals surface area contributed by atoms with Crippen LogP contribution in [-0.4, -0.2) is 23.2 Å². The second-order valence-corrected chi connectivity index (χ2v) is 5.49. The third-order valence-corrected chi connectivity index (χ3v) is 4.13. The first-order valence-electron chi connectivity index (χ1n) is 6.27. The summed E-state index contributed by atoms with van der Waals surface area (Å²) in [5.74, 6) is -0.258. The van der Waals surface area contributed by atoms with Gasteiger partial charge in [0.2, 0.25) is 0 Å². The van der Waals surface area contributed by atoms with Gasteiger partial charge in [-0.05, 0) is 37.4 Å². The number of carbonyl (C=O) groups excluding carboxylic acids is 1. The van der Waals surface area contributed by atoms with Crippen LogP contribution in [0.15, 0.2) is 12.2 Å². The largest absolute Gasteiger partial charge is 2.00 e. The third kappa shape index (κ3) is 4.11. The van der Waals surface area contributed by atoms with Gasteiger partial charge in [-0.3, -0.25) is 0 Å². The molecule has 2 aliphatic carbocycles. The van der Waals surface area contributed by atoms with Gasteiger partial charge in [-0.15, -0.1) is 0 Å². The van der Waals surface area contributed by atoms with Crippen molar-refractivity contribution in [3.05, 3.63) is 19.1 Å². The Kier molecular flexibility index (Phi) is 7.55. The number of rotatable bonds is 2. The van der Waals surface area contributed by atoms with Gasteiger partial charge >= 0.3 is 37.3 Å². The molecule has 4 unspecified atom stereocenters. The van der Waals surface area contributed by atoms with E-state index in [-0.39, 0.29) is 43.5 Å². The minimum Gasteiger partial charge on any atom is -0.419 e. The minimum atomic E-state index is -4.46. The summed E-state index contributed by atoms with van der Waals surface area (Å²) in [6, 6.07) is 0. The average molecular weight is 514 g/mol. The molecule has 0 spiro atoms. The number of fused-ring (bicyclic) bond motifs is 2. The summed E-state index contributed by atoms with van der Waals surface area (Å²) < 4.78 is 37.7. The standard InChI is InChI=1S/C10H14F3O.C4H5O.U/c1-2-6-3-8-4-7(6)5-9(8,14)10(11,12)13;1-4(2)3-5;/h6-8,14H,1-5H2;1H2,2H3;/q2*-1;+2. The predicted octanol–water partition coefficient (Wildman–Crippen LogP) is 3.22. The SMILES string of the molecule is C=C(C)[C-]=O.[CH2-]CC1CC2CC1CC2(O)C(F)(F)F.[U+2]. The van der Waals surface area contributed by atoms with Gasteiger partial charge in [-0.2, -0.15) is 25.2 Å². The summed E-state index contributed by atoms with van der Waals surface area (Å²) in [5.41, 5.74) is -1.95. The van der Waals surface area contributed by atoms with Crippen molar-refractivity contribution in [2.24, 2.45) is 17.8 Å². The molecule has 2 nitrogen and oxygen atoms in total. The predicted molar refractivity (Wildman–Crippen MR) is 65.8 cm³/mol. The molecule has 112 valence electrons. The summed E-state index contributed by atoms with van der Waals surface area (Å²) in [6.07, 6.45) is -1.28. The molecule has 6 heteroatoms. The molecule has 2 fully saturated rings. The van der Waals surface area contributed by atoms with Crippen LogP contribution in [0.3, 0.4) is 0 Å². The zero-order chi connectivity index (χ0) is 14.8.